The first-order valence-corrected chi connectivity index (χ1v) is 12.3. The number of phosphoric ester groups is 1. The lowest BCUT2D eigenvalue weighted by Gasteiger charge is -2.41. The van der Waals surface area contributed by atoms with E-state index in [4.69, 9.17) is 18.5 Å². The van der Waals surface area contributed by atoms with E-state index in [-0.39, 0.29) is 12.8 Å². The molecule has 0 aliphatic heterocycles. The largest absolute Gasteiger partial charge is 0.472 e. The van der Waals surface area contributed by atoms with E-state index in [1.54, 1.807) is 6.92 Å². The molecule has 1 aliphatic carbocycles. The van der Waals surface area contributed by atoms with Crippen molar-refractivity contribution in [2.24, 2.45) is 0 Å². The van der Waals surface area contributed by atoms with E-state index in [2.05, 4.69) is 0 Å². The Balaban J connectivity index is 2.75. The molecule has 0 radical (unpaired) electrons. The highest BCUT2D eigenvalue weighted by molar-refractivity contribution is 7.47. The summed E-state index contributed by atoms with van der Waals surface area (Å²) in [5.41, 5.74) is 0. The number of aliphatic hydroxyl groups is 5. The molecule has 0 aromatic rings. The van der Waals surface area contributed by atoms with E-state index < -0.39 is 75.7 Å². The predicted octanol–water partition coefficient (Wildman–Crippen LogP) is -0.858. The summed E-state index contributed by atoms with van der Waals surface area (Å²) in [7, 11) is -5.05. The van der Waals surface area contributed by atoms with Gasteiger partial charge >= 0.3 is 19.8 Å². The molecule has 6 atom stereocenters. The van der Waals surface area contributed by atoms with Crippen LogP contribution in [0.15, 0.2) is 0 Å². The van der Waals surface area contributed by atoms with E-state index in [0.29, 0.717) is 12.8 Å². The highest BCUT2D eigenvalue weighted by Gasteiger charge is 2.51. The molecule has 6 unspecified atom stereocenters. The fraction of sp³-hybridized carbons (Fsp3) is 0.895. The third kappa shape index (κ3) is 9.93. The van der Waals surface area contributed by atoms with Gasteiger partial charge in [-0.3, -0.25) is 18.6 Å². The molecule has 0 aromatic heterocycles. The zero-order valence-corrected chi connectivity index (χ0v) is 19.6. The number of carbonyl (C=O) groups excluding carboxylic acids is 2. The number of esters is 2. The Morgan fingerprint density at radius 2 is 1.39 bits per heavy atom. The Bertz CT molecular complexity index is 644. The molecular weight excluding hydrogens is 467 g/mol. The van der Waals surface area contributed by atoms with Crippen molar-refractivity contribution in [1.29, 1.82) is 0 Å². The minimum absolute atomic E-state index is 0.0824. The number of aliphatic hydroxyl groups excluding tert-OH is 5. The molecule has 33 heavy (non-hydrogen) atoms. The second kappa shape index (κ2) is 14.3. The van der Waals surface area contributed by atoms with Crippen molar-refractivity contribution in [2.45, 2.75) is 95.1 Å². The van der Waals surface area contributed by atoms with Gasteiger partial charge in [0.25, 0.3) is 0 Å². The van der Waals surface area contributed by atoms with Crippen molar-refractivity contribution in [3.8, 4) is 0 Å². The Morgan fingerprint density at radius 3 is 1.94 bits per heavy atom. The molecule has 13 nitrogen and oxygen atoms in total. The Morgan fingerprint density at radius 1 is 0.818 bits per heavy atom. The van der Waals surface area contributed by atoms with Crippen LogP contribution in [0.3, 0.4) is 0 Å². The molecule has 0 spiro atoms. The van der Waals surface area contributed by atoms with Gasteiger partial charge < -0.3 is 39.9 Å². The molecule has 1 saturated carbocycles. The molecule has 1 aliphatic rings. The van der Waals surface area contributed by atoms with Crippen molar-refractivity contribution in [1.82, 2.24) is 0 Å². The van der Waals surface area contributed by atoms with Crippen LogP contribution >= 0.6 is 7.82 Å². The van der Waals surface area contributed by atoms with Crippen LogP contribution in [-0.2, 0) is 32.7 Å². The summed E-state index contributed by atoms with van der Waals surface area (Å²) in [5.74, 6) is -1.20. The summed E-state index contributed by atoms with van der Waals surface area (Å²) in [6.45, 7) is 2.53. The third-order valence-corrected chi connectivity index (χ3v) is 5.90. The number of rotatable bonds is 14. The molecule has 1 rings (SSSR count). The quantitative estimate of drug-likeness (QED) is 0.0971. The number of ether oxygens (including phenoxy) is 2. The maximum Gasteiger partial charge on any atom is 0.472 e. The first-order valence-electron chi connectivity index (χ1n) is 10.8. The van der Waals surface area contributed by atoms with Crippen LogP contribution in [-0.4, -0.2) is 98.3 Å². The fourth-order valence-corrected chi connectivity index (χ4v) is 4.00. The minimum Gasteiger partial charge on any atom is -0.462 e. The van der Waals surface area contributed by atoms with Crippen LogP contribution in [0.5, 0.6) is 0 Å². The maximum atomic E-state index is 12.3. The highest BCUT2D eigenvalue weighted by atomic mass is 31.2. The Labute approximate surface area is 191 Å². The topological polar surface area (TPSA) is 210 Å². The molecule has 1 fully saturated rings. The van der Waals surface area contributed by atoms with Gasteiger partial charge in [-0.15, -0.1) is 0 Å². The predicted molar refractivity (Wildman–Crippen MR) is 111 cm³/mol. The first kappa shape index (κ1) is 29.9. The van der Waals surface area contributed by atoms with Crippen molar-refractivity contribution >= 4 is 19.8 Å². The van der Waals surface area contributed by atoms with Crippen LogP contribution in [0.4, 0.5) is 0 Å². The van der Waals surface area contributed by atoms with E-state index in [9.17, 15) is 44.6 Å². The van der Waals surface area contributed by atoms with E-state index in [1.165, 1.54) is 0 Å². The third-order valence-electron chi connectivity index (χ3n) is 4.92. The summed E-state index contributed by atoms with van der Waals surface area (Å²) < 4.78 is 31.9. The van der Waals surface area contributed by atoms with Crippen LogP contribution in [0.1, 0.15) is 52.4 Å². The summed E-state index contributed by atoms with van der Waals surface area (Å²) in [6, 6.07) is 0. The Hall–Kier alpha value is -1.15. The molecule has 0 saturated heterocycles. The van der Waals surface area contributed by atoms with E-state index >= 15 is 0 Å². The minimum atomic E-state index is -5.05. The van der Waals surface area contributed by atoms with Gasteiger partial charge in [-0.05, 0) is 12.8 Å². The van der Waals surface area contributed by atoms with Gasteiger partial charge in [-0.2, -0.15) is 0 Å². The average molecular weight is 502 g/mol. The number of hydrogen-bond acceptors (Lipinski definition) is 12. The molecule has 0 heterocycles. The highest BCUT2D eigenvalue weighted by Crippen LogP contribution is 2.47. The summed E-state index contributed by atoms with van der Waals surface area (Å²) in [5, 5.41) is 48.8. The van der Waals surface area contributed by atoms with Gasteiger partial charge in [0.1, 0.15) is 43.2 Å². The SMILES string of the molecule is CCCCCC(=O)OC(COC(=O)CCC)COP(=O)(O)OC1C(O)C(O)C(O)C(O)C1O. The fourth-order valence-electron chi connectivity index (χ4n) is 3.03. The van der Waals surface area contributed by atoms with Crippen molar-refractivity contribution in [3.05, 3.63) is 0 Å². The van der Waals surface area contributed by atoms with Crippen LogP contribution < -0.4 is 0 Å². The lowest BCUT2D eigenvalue weighted by Crippen LogP contribution is -2.64. The number of phosphoric acid groups is 1. The van der Waals surface area contributed by atoms with Gasteiger partial charge in [0, 0.05) is 12.8 Å². The summed E-state index contributed by atoms with van der Waals surface area (Å²) in [4.78, 5) is 33.6. The van der Waals surface area contributed by atoms with Crippen molar-refractivity contribution in [2.75, 3.05) is 13.2 Å². The molecular formula is C19H35O13P. The van der Waals surface area contributed by atoms with Gasteiger partial charge in [0.05, 0.1) is 6.61 Å². The Kier molecular flexibility index (Phi) is 12.9. The molecule has 0 amide bonds. The van der Waals surface area contributed by atoms with Gasteiger partial charge in [-0.25, -0.2) is 4.57 Å². The molecule has 194 valence electrons. The molecule has 0 bridgehead atoms. The second-order valence-corrected chi connectivity index (χ2v) is 9.20. The van der Waals surface area contributed by atoms with Gasteiger partial charge in [0.2, 0.25) is 0 Å². The van der Waals surface area contributed by atoms with Crippen LogP contribution in [0, 0.1) is 0 Å². The van der Waals surface area contributed by atoms with E-state index in [1.807, 2.05) is 6.92 Å². The number of hydrogen-bond donors (Lipinski definition) is 6. The standard InChI is InChI=1S/C19H35O13P/c1-3-5-6-8-13(21)31-11(9-29-12(20)7-4-2)10-30-33(27,28)32-19-17(25)15(23)14(22)16(24)18(19)26/h11,14-19,22-26H,3-10H2,1-2H3,(H,27,28). The lowest BCUT2D eigenvalue weighted by atomic mass is 9.85. The maximum absolute atomic E-state index is 12.3. The zero-order chi connectivity index (χ0) is 25.2. The summed E-state index contributed by atoms with van der Waals surface area (Å²) in [6.07, 6.45) is -10.2. The molecule has 6 N–H and O–H groups in total. The van der Waals surface area contributed by atoms with Crippen molar-refractivity contribution in [3.63, 3.8) is 0 Å². The molecule has 14 heteroatoms. The van der Waals surface area contributed by atoms with Crippen LogP contribution in [0.2, 0.25) is 0 Å². The number of carbonyl (C=O) groups is 2. The molecule has 0 aromatic carbocycles. The van der Waals surface area contributed by atoms with E-state index in [0.717, 1.165) is 12.8 Å². The monoisotopic (exact) mass is 502 g/mol. The zero-order valence-electron chi connectivity index (χ0n) is 18.7. The second-order valence-electron chi connectivity index (χ2n) is 7.79. The van der Waals surface area contributed by atoms with Gasteiger partial charge in [-0.1, -0.05) is 26.7 Å². The normalized spacial score (nSPS) is 30.3. The number of unbranched alkanes of at least 4 members (excludes halogenated alkanes) is 2. The summed E-state index contributed by atoms with van der Waals surface area (Å²) >= 11 is 0. The first-order chi connectivity index (χ1) is 15.4. The lowest BCUT2D eigenvalue weighted by molar-refractivity contribution is -0.220. The van der Waals surface area contributed by atoms with Gasteiger partial charge in [0.15, 0.2) is 6.10 Å². The average Bonchev–Trinajstić information content (AvgIpc) is 2.76. The van der Waals surface area contributed by atoms with Crippen molar-refractivity contribution < 1.29 is 63.1 Å². The van der Waals surface area contributed by atoms with Crippen LogP contribution in [0.25, 0.3) is 0 Å². The smallest absolute Gasteiger partial charge is 0.462 e.